The molecule has 3 rings (SSSR count). The van der Waals surface area contributed by atoms with E-state index in [1.165, 1.54) is 36.7 Å². The molecule has 5 nitrogen and oxygen atoms in total. The van der Waals surface area contributed by atoms with Gasteiger partial charge in [0, 0.05) is 11.9 Å². The third kappa shape index (κ3) is 4.59. The Hall–Kier alpha value is -3.55. The lowest BCUT2D eigenvalue weighted by atomic mass is 10.1. The first-order valence-electron chi connectivity index (χ1n) is 8.20. The van der Waals surface area contributed by atoms with Crippen LogP contribution in [0.25, 0.3) is 0 Å². The lowest BCUT2D eigenvalue weighted by Crippen LogP contribution is -2.17. The number of rotatable bonds is 5. The molecule has 0 aliphatic heterocycles. The van der Waals surface area contributed by atoms with Crippen molar-refractivity contribution in [3.63, 3.8) is 0 Å². The highest BCUT2D eigenvalue weighted by molar-refractivity contribution is 6.05. The Kier molecular flexibility index (Phi) is 5.49. The summed E-state index contributed by atoms with van der Waals surface area (Å²) in [5, 5.41) is 5.37. The van der Waals surface area contributed by atoms with Crippen LogP contribution in [0.1, 0.15) is 15.9 Å². The zero-order valence-corrected chi connectivity index (χ0v) is 14.7. The Morgan fingerprint density at radius 3 is 2.39 bits per heavy atom. The zero-order valence-electron chi connectivity index (χ0n) is 14.7. The van der Waals surface area contributed by atoms with E-state index in [9.17, 15) is 18.0 Å². The van der Waals surface area contributed by atoms with Crippen molar-refractivity contribution in [1.29, 1.82) is 0 Å². The number of methoxy groups -OCH3 is 1. The van der Waals surface area contributed by atoms with E-state index >= 15 is 0 Å². The molecule has 0 radical (unpaired) electrons. The summed E-state index contributed by atoms with van der Waals surface area (Å²) in [6, 6.07) is 13.4. The van der Waals surface area contributed by atoms with Gasteiger partial charge in [0.15, 0.2) is 0 Å². The van der Waals surface area contributed by atoms with Crippen molar-refractivity contribution in [1.82, 2.24) is 4.98 Å². The van der Waals surface area contributed by atoms with Gasteiger partial charge in [-0.1, -0.05) is 12.1 Å². The minimum atomic E-state index is -4.57. The second kappa shape index (κ2) is 7.99. The molecule has 1 amide bonds. The van der Waals surface area contributed by atoms with Crippen LogP contribution in [0.15, 0.2) is 67.0 Å². The van der Waals surface area contributed by atoms with Crippen molar-refractivity contribution >= 4 is 23.0 Å². The zero-order chi connectivity index (χ0) is 20.1. The molecule has 0 spiro atoms. The van der Waals surface area contributed by atoms with Gasteiger partial charge in [0.2, 0.25) is 0 Å². The summed E-state index contributed by atoms with van der Waals surface area (Å²) in [6.07, 6.45) is -1.78. The highest BCUT2D eigenvalue weighted by Crippen LogP contribution is 2.34. The second-order valence-electron chi connectivity index (χ2n) is 5.81. The van der Waals surface area contributed by atoms with Gasteiger partial charge in [-0.3, -0.25) is 9.78 Å². The molecule has 3 aromatic rings. The summed E-state index contributed by atoms with van der Waals surface area (Å²) in [5.41, 5.74) is 0.150. The minimum Gasteiger partial charge on any atom is -0.497 e. The monoisotopic (exact) mass is 387 g/mol. The molecular weight excluding hydrogens is 371 g/mol. The maximum Gasteiger partial charge on any atom is 0.418 e. The number of hydrogen-bond donors (Lipinski definition) is 2. The number of hydrogen-bond acceptors (Lipinski definition) is 4. The van der Waals surface area contributed by atoms with Crippen LogP contribution < -0.4 is 15.4 Å². The third-order valence-corrected chi connectivity index (χ3v) is 3.86. The van der Waals surface area contributed by atoms with Crippen LogP contribution in [0.4, 0.5) is 30.2 Å². The van der Waals surface area contributed by atoms with Gasteiger partial charge in [0.25, 0.3) is 5.91 Å². The highest BCUT2D eigenvalue weighted by Gasteiger charge is 2.33. The van der Waals surface area contributed by atoms with Crippen molar-refractivity contribution in [3.8, 4) is 5.75 Å². The number of benzene rings is 2. The molecule has 8 heteroatoms. The number of pyridine rings is 1. The van der Waals surface area contributed by atoms with Crippen molar-refractivity contribution < 1.29 is 22.7 Å². The average molecular weight is 387 g/mol. The number of amides is 1. The number of carbonyl (C=O) groups excluding carboxylic acids is 1. The second-order valence-corrected chi connectivity index (χ2v) is 5.81. The Labute approximate surface area is 159 Å². The van der Waals surface area contributed by atoms with E-state index in [4.69, 9.17) is 4.74 Å². The number of anilines is 3. The lowest BCUT2D eigenvalue weighted by molar-refractivity contribution is -0.136. The van der Waals surface area contributed by atoms with Crippen molar-refractivity contribution in [2.24, 2.45) is 0 Å². The molecule has 0 aliphatic rings. The standard InChI is InChI=1S/C20H16F3N3O2/c1-28-16-8-6-14(7-9-16)25-15-10-13(11-24-12-15)19(27)26-18-5-3-2-4-17(18)20(21,22)23/h2-12,25H,1H3,(H,26,27). The normalized spacial score (nSPS) is 11.0. The van der Waals surface area contributed by atoms with Gasteiger partial charge in [-0.25, -0.2) is 0 Å². The summed E-state index contributed by atoms with van der Waals surface area (Å²) in [6.45, 7) is 0. The van der Waals surface area contributed by atoms with Gasteiger partial charge < -0.3 is 15.4 Å². The SMILES string of the molecule is COc1ccc(Nc2cncc(C(=O)Nc3ccccc3C(F)(F)F)c2)cc1. The number of para-hydroxylation sites is 1. The van der Waals surface area contributed by atoms with Crippen LogP contribution in [0, 0.1) is 0 Å². The van der Waals surface area contributed by atoms with Gasteiger partial charge in [-0.15, -0.1) is 0 Å². The van der Waals surface area contributed by atoms with E-state index < -0.39 is 17.6 Å². The van der Waals surface area contributed by atoms with Gasteiger partial charge in [-0.2, -0.15) is 13.2 Å². The summed E-state index contributed by atoms with van der Waals surface area (Å²) >= 11 is 0. The molecule has 144 valence electrons. The average Bonchev–Trinajstić information content (AvgIpc) is 2.68. The quantitative estimate of drug-likeness (QED) is 0.639. The molecule has 0 bridgehead atoms. The summed E-state index contributed by atoms with van der Waals surface area (Å²) in [7, 11) is 1.56. The number of nitrogens with one attached hydrogen (secondary N) is 2. The van der Waals surface area contributed by atoms with Crippen molar-refractivity contribution in [2.45, 2.75) is 6.18 Å². The molecule has 0 unspecified atom stereocenters. The van der Waals surface area contributed by atoms with Gasteiger partial charge in [0.1, 0.15) is 5.75 Å². The van der Waals surface area contributed by atoms with E-state index in [-0.39, 0.29) is 11.3 Å². The van der Waals surface area contributed by atoms with E-state index in [2.05, 4.69) is 15.6 Å². The molecule has 28 heavy (non-hydrogen) atoms. The highest BCUT2D eigenvalue weighted by atomic mass is 19.4. The summed E-state index contributed by atoms with van der Waals surface area (Å²) in [5.74, 6) is 0.00251. The smallest absolute Gasteiger partial charge is 0.418 e. The van der Waals surface area contributed by atoms with Gasteiger partial charge in [-0.05, 0) is 42.5 Å². The molecule has 0 aliphatic carbocycles. The lowest BCUT2D eigenvalue weighted by Gasteiger charge is -2.14. The van der Waals surface area contributed by atoms with Crippen LogP contribution in [0.5, 0.6) is 5.75 Å². The Morgan fingerprint density at radius 2 is 1.71 bits per heavy atom. The van der Waals surface area contributed by atoms with Gasteiger partial charge >= 0.3 is 6.18 Å². The molecule has 0 saturated heterocycles. The predicted octanol–water partition coefficient (Wildman–Crippen LogP) is 5.10. The van der Waals surface area contributed by atoms with Gasteiger partial charge in [0.05, 0.1) is 35.8 Å². The molecular formula is C20H16F3N3O2. The fraction of sp³-hybridized carbons (Fsp3) is 0.100. The molecule has 0 atom stereocenters. The molecule has 2 aromatic carbocycles. The Balaban J connectivity index is 1.77. The topological polar surface area (TPSA) is 63.2 Å². The largest absolute Gasteiger partial charge is 0.497 e. The van der Waals surface area contributed by atoms with Crippen LogP contribution in [0.2, 0.25) is 0 Å². The molecule has 1 aromatic heterocycles. The maximum absolute atomic E-state index is 13.1. The molecule has 1 heterocycles. The minimum absolute atomic E-state index is 0.121. The van der Waals surface area contributed by atoms with Crippen LogP contribution in [0.3, 0.4) is 0 Å². The first-order chi connectivity index (χ1) is 13.4. The number of ether oxygens (including phenoxy) is 1. The Bertz CT molecular complexity index is 973. The third-order valence-electron chi connectivity index (χ3n) is 3.86. The number of nitrogens with zero attached hydrogens (tertiary/aromatic N) is 1. The fourth-order valence-electron chi connectivity index (χ4n) is 2.51. The number of carbonyl (C=O) groups is 1. The van der Waals surface area contributed by atoms with Crippen LogP contribution in [-0.4, -0.2) is 18.0 Å². The molecule has 0 fully saturated rings. The van der Waals surface area contributed by atoms with E-state index in [0.29, 0.717) is 11.4 Å². The number of alkyl halides is 3. The summed E-state index contributed by atoms with van der Waals surface area (Å²) in [4.78, 5) is 16.4. The van der Waals surface area contributed by atoms with Crippen molar-refractivity contribution in [2.75, 3.05) is 17.7 Å². The first kappa shape index (κ1) is 19.2. The van der Waals surface area contributed by atoms with E-state index in [1.54, 1.807) is 31.4 Å². The van der Waals surface area contributed by atoms with Crippen LogP contribution in [-0.2, 0) is 6.18 Å². The van der Waals surface area contributed by atoms with E-state index in [1.807, 2.05) is 0 Å². The molecule has 0 saturated carbocycles. The molecule has 2 N–H and O–H groups in total. The summed E-state index contributed by atoms with van der Waals surface area (Å²) < 4.78 is 44.3. The van der Waals surface area contributed by atoms with Crippen LogP contribution >= 0.6 is 0 Å². The predicted molar refractivity (Wildman–Crippen MR) is 99.9 cm³/mol. The Morgan fingerprint density at radius 1 is 1.00 bits per heavy atom. The number of aromatic nitrogens is 1. The number of halogens is 3. The maximum atomic E-state index is 13.1. The first-order valence-corrected chi connectivity index (χ1v) is 8.20. The fourth-order valence-corrected chi connectivity index (χ4v) is 2.51. The van der Waals surface area contributed by atoms with Crippen molar-refractivity contribution in [3.05, 3.63) is 78.1 Å². The van der Waals surface area contributed by atoms with E-state index in [0.717, 1.165) is 11.8 Å².